The molecule has 0 radical (unpaired) electrons. The summed E-state index contributed by atoms with van der Waals surface area (Å²) >= 11 is -4.30. The van der Waals surface area contributed by atoms with Crippen LogP contribution in [-0.4, -0.2) is 41.4 Å². The normalized spacial score (nSPS) is 16.9. The Kier molecular flexibility index (Phi) is 8.47. The minimum atomic E-state index is -4.84. The largest absolute Gasteiger partial charge is 0.593 e. The molecule has 0 bridgehead atoms. The van der Waals surface area contributed by atoms with E-state index in [1.807, 2.05) is 6.07 Å². The number of nitrogens with zero attached hydrogens (tertiary/aromatic N) is 3. The number of aromatic hydroxyl groups is 1. The van der Waals surface area contributed by atoms with E-state index in [9.17, 15) is 27.4 Å². The molecule has 0 aliphatic heterocycles. The first-order valence-electron chi connectivity index (χ1n) is 12.1. The Bertz CT molecular complexity index is 1260. The number of phenols is 1. The van der Waals surface area contributed by atoms with Crippen molar-refractivity contribution >= 4 is 39.8 Å². The van der Waals surface area contributed by atoms with Crippen LogP contribution in [0, 0.1) is 5.92 Å². The summed E-state index contributed by atoms with van der Waals surface area (Å²) in [6, 6.07) is 3.41. The van der Waals surface area contributed by atoms with Gasteiger partial charge in [0.2, 0.25) is 16.5 Å². The summed E-state index contributed by atoms with van der Waals surface area (Å²) in [6.07, 6.45) is 0.880. The van der Waals surface area contributed by atoms with Gasteiger partial charge >= 0.3 is 6.18 Å². The molecule has 1 saturated carbocycles. The molecule has 0 spiro atoms. The fraction of sp³-hybridized carbons (Fsp3) is 0.500. The number of rotatable bonds is 9. The lowest BCUT2D eigenvalue weighted by atomic mass is 9.95. The zero-order valence-electron chi connectivity index (χ0n) is 21.3. The van der Waals surface area contributed by atoms with E-state index in [1.54, 1.807) is 6.26 Å². The van der Waals surface area contributed by atoms with E-state index >= 15 is 0 Å². The van der Waals surface area contributed by atoms with Crippen LogP contribution in [0.15, 0.2) is 33.8 Å². The average Bonchev–Trinajstić information content (AvgIpc) is 3.59. The van der Waals surface area contributed by atoms with Gasteiger partial charge in [0.1, 0.15) is 11.3 Å². The molecular weight excluding hydrogens is 543 g/mol. The van der Waals surface area contributed by atoms with Gasteiger partial charge in [-0.15, -0.1) is 4.31 Å². The Hall–Kier alpha value is -2.52. The monoisotopic (exact) mass is 573 g/mol. The maximum atomic E-state index is 13.6. The first-order valence-corrected chi connectivity index (χ1v) is 14.3. The number of phenolic OH excluding ortho intramolecular Hbond substituents is 1. The van der Waals surface area contributed by atoms with Gasteiger partial charge in [-0.25, -0.2) is 0 Å². The van der Waals surface area contributed by atoms with Gasteiger partial charge in [0, 0.05) is 22.8 Å². The molecule has 2 aromatic heterocycles. The fourth-order valence-electron chi connectivity index (χ4n) is 4.52. The van der Waals surface area contributed by atoms with E-state index in [0.717, 1.165) is 47.7 Å². The minimum Gasteiger partial charge on any atom is -0.593 e. The zero-order valence-corrected chi connectivity index (χ0v) is 23.0. The summed E-state index contributed by atoms with van der Waals surface area (Å²) in [6.45, 7) is 4.11. The van der Waals surface area contributed by atoms with Crippen molar-refractivity contribution in [2.75, 3.05) is 24.7 Å². The van der Waals surface area contributed by atoms with Crippen molar-refractivity contribution in [3.63, 3.8) is 0 Å². The van der Waals surface area contributed by atoms with E-state index < -0.39 is 44.9 Å². The van der Waals surface area contributed by atoms with Crippen LogP contribution in [0.2, 0.25) is 0 Å². The number of alkyl halides is 3. The number of hydrogen-bond donors (Lipinski definition) is 3. The Morgan fingerprint density at radius 2 is 1.84 bits per heavy atom. The maximum absolute atomic E-state index is 13.6. The summed E-state index contributed by atoms with van der Waals surface area (Å²) in [4.78, 5) is -0.792. The minimum absolute atomic E-state index is 0.0291. The molecule has 3 N–H and O–H groups in total. The van der Waals surface area contributed by atoms with Crippen molar-refractivity contribution in [1.29, 1.82) is 0 Å². The number of aromatic nitrogens is 2. The van der Waals surface area contributed by atoms with Crippen molar-refractivity contribution in [3.05, 3.63) is 41.3 Å². The van der Waals surface area contributed by atoms with Gasteiger partial charge in [0.25, 0.3) is 0 Å². The Balaban J connectivity index is 1.69. The van der Waals surface area contributed by atoms with Crippen LogP contribution in [0.4, 0.5) is 30.5 Å². The summed E-state index contributed by atoms with van der Waals surface area (Å²) in [5.41, 5.74) is -0.380. The highest BCUT2D eigenvalue weighted by Crippen LogP contribution is 2.45. The molecule has 1 aliphatic rings. The quantitative estimate of drug-likeness (QED) is 0.199. The highest BCUT2D eigenvalue weighted by atomic mass is 32.2. The zero-order chi connectivity index (χ0) is 27.8. The topological polar surface area (TPSA) is 133 Å². The molecule has 0 amide bonds. The van der Waals surface area contributed by atoms with Gasteiger partial charge in [-0.05, 0) is 48.4 Å². The number of halogens is 3. The molecule has 4 rings (SSSR count). The summed E-state index contributed by atoms with van der Waals surface area (Å²) in [5, 5.41) is 16.8. The van der Waals surface area contributed by atoms with Crippen LogP contribution in [0.1, 0.15) is 68.4 Å². The van der Waals surface area contributed by atoms with Crippen LogP contribution in [0.5, 0.6) is 5.75 Å². The number of anilines is 3. The molecule has 2 heterocycles. The smallest absolute Gasteiger partial charge is 0.421 e. The van der Waals surface area contributed by atoms with Gasteiger partial charge in [-0.1, -0.05) is 26.7 Å². The van der Waals surface area contributed by atoms with Crippen LogP contribution in [0.3, 0.4) is 0 Å². The number of hydrogen-bond acceptors (Lipinski definition) is 9. The summed E-state index contributed by atoms with van der Waals surface area (Å²) in [5.74, 6) is 0.410. The first kappa shape index (κ1) is 28.5. The molecule has 0 saturated heterocycles. The first-order chi connectivity index (χ1) is 17.9. The second-order valence-electron chi connectivity index (χ2n) is 9.74. The SMILES string of the molecule is CC(C)c1coc([C@H](Nc2n[s+]([O-])nc2Nc2ccc(C(F)(F)F)c([S+]([O-])N(C)C)c2O)C2CCCC2)c1. The highest BCUT2D eigenvalue weighted by molar-refractivity contribution is 7.89. The van der Waals surface area contributed by atoms with Crippen molar-refractivity contribution in [2.24, 2.45) is 5.92 Å². The Morgan fingerprint density at radius 3 is 2.42 bits per heavy atom. The van der Waals surface area contributed by atoms with E-state index in [4.69, 9.17) is 4.42 Å². The third-order valence-electron chi connectivity index (χ3n) is 6.54. The lowest BCUT2D eigenvalue weighted by molar-refractivity contribution is -0.140. The molecule has 1 aliphatic carbocycles. The predicted octanol–water partition coefficient (Wildman–Crippen LogP) is 6.32. The highest BCUT2D eigenvalue weighted by Gasteiger charge is 2.42. The van der Waals surface area contributed by atoms with Crippen molar-refractivity contribution in [1.82, 2.24) is 13.1 Å². The second-order valence-corrected chi connectivity index (χ2v) is 12.2. The molecule has 14 heteroatoms. The van der Waals surface area contributed by atoms with Crippen LogP contribution in [0.25, 0.3) is 0 Å². The van der Waals surface area contributed by atoms with Gasteiger partial charge in [0.15, 0.2) is 16.9 Å². The number of benzene rings is 1. The van der Waals surface area contributed by atoms with Gasteiger partial charge in [-0.3, -0.25) is 0 Å². The van der Waals surface area contributed by atoms with Gasteiger partial charge in [0.05, 0.1) is 29.4 Å². The number of furan rings is 1. The molecular formula is C24H30F3N5O4S2. The molecule has 2 unspecified atom stereocenters. The average molecular weight is 574 g/mol. The van der Waals surface area contributed by atoms with Gasteiger partial charge < -0.3 is 29.3 Å². The third-order valence-corrected chi connectivity index (χ3v) is 8.64. The second kappa shape index (κ2) is 11.3. The van der Waals surface area contributed by atoms with Crippen LogP contribution < -0.4 is 10.6 Å². The van der Waals surface area contributed by atoms with E-state index in [0.29, 0.717) is 5.76 Å². The Morgan fingerprint density at radius 1 is 1.18 bits per heavy atom. The van der Waals surface area contributed by atoms with E-state index in [-0.39, 0.29) is 35.2 Å². The van der Waals surface area contributed by atoms with Crippen molar-refractivity contribution < 1.29 is 31.8 Å². The van der Waals surface area contributed by atoms with Crippen LogP contribution >= 0.6 is 11.1 Å². The standard InChI is InChI=1S/C24H30F3N5O4S2/c1-13(2)15-11-18(36-12-15)19(14-7-5-6-8-14)29-23-22(30-38(35)31-23)28-17-10-9-16(24(25,26)27)21(20(17)33)37(34)32(3)4/h9-14,19,33H,5-8H2,1-4H3,(H,28,30)(H,29,31)/t19-,37?,38?/m1/s1. The molecule has 3 atom stereocenters. The van der Waals surface area contributed by atoms with Gasteiger partial charge in [-0.2, -0.15) is 13.2 Å². The molecule has 1 aromatic carbocycles. The summed E-state index contributed by atoms with van der Waals surface area (Å²) in [7, 11) is 2.66. The Labute approximate surface area is 224 Å². The lowest BCUT2D eigenvalue weighted by Crippen LogP contribution is -2.25. The molecule has 1 fully saturated rings. The maximum Gasteiger partial charge on any atom is 0.421 e. The molecule has 9 nitrogen and oxygen atoms in total. The molecule has 3 aromatic rings. The molecule has 208 valence electrons. The molecule has 38 heavy (non-hydrogen) atoms. The number of nitrogens with one attached hydrogen (secondary N) is 2. The van der Waals surface area contributed by atoms with E-state index in [1.165, 1.54) is 14.1 Å². The summed E-state index contributed by atoms with van der Waals surface area (Å²) < 4.78 is 80.7. The van der Waals surface area contributed by atoms with E-state index in [2.05, 4.69) is 33.2 Å². The lowest BCUT2D eigenvalue weighted by Gasteiger charge is -2.23. The van der Waals surface area contributed by atoms with Crippen LogP contribution in [-0.2, 0) is 17.5 Å². The van der Waals surface area contributed by atoms with Crippen molar-refractivity contribution in [3.8, 4) is 5.75 Å². The van der Waals surface area contributed by atoms with Crippen molar-refractivity contribution in [2.45, 2.75) is 62.6 Å². The fourth-order valence-corrected chi connectivity index (χ4v) is 6.15. The predicted molar refractivity (Wildman–Crippen MR) is 138 cm³/mol. The third kappa shape index (κ3) is 6.04.